The molecule has 8 heteroatoms. The molecule has 1 saturated heterocycles. The van der Waals surface area contributed by atoms with Crippen molar-refractivity contribution in [3.8, 4) is 0 Å². The monoisotopic (exact) mass is 700 g/mol. The van der Waals surface area contributed by atoms with E-state index < -0.39 is 0 Å². The highest BCUT2D eigenvalue weighted by Gasteiger charge is 2.27. The lowest BCUT2D eigenvalue weighted by Crippen LogP contribution is -2.37. The Morgan fingerprint density at radius 1 is 0.935 bits per heavy atom. The zero-order valence-corrected chi connectivity index (χ0v) is 29.2. The normalized spacial score (nSPS) is 14.9. The van der Waals surface area contributed by atoms with Crippen LogP contribution in [0.15, 0.2) is 95.2 Å². The fraction of sp³-hybridized carbons (Fsp3) is 0.342. The standard InChI is InChI=1S/C22H23ClN2O2.C16H19BrN2/c1-2-27-22(26)25-12-9-15(10-13-25)20-19-8-7-18(23)14-17(19)6-5-16-4-3-11-24-21(16)20;1-19(2)12-10-15(16-5-3-4-11-18-16)13-6-8-14(17)9-7-13/h3-4,7-8,11,14H,2,5-6,9-10,12-13H2,1H3;3-9,11,15H,10,12H2,1-2H3/t;15-/m.0/s1. The quantitative estimate of drug-likeness (QED) is 0.201. The Hall–Kier alpha value is -3.52. The molecule has 3 heterocycles. The molecule has 1 fully saturated rings. The molecule has 0 saturated carbocycles. The first-order valence-corrected chi connectivity index (χ1v) is 17.2. The summed E-state index contributed by atoms with van der Waals surface area (Å²) in [6, 6.07) is 25.0. The van der Waals surface area contributed by atoms with E-state index in [9.17, 15) is 4.79 Å². The van der Waals surface area contributed by atoms with Crippen LogP contribution in [0.4, 0.5) is 4.79 Å². The van der Waals surface area contributed by atoms with Crippen molar-refractivity contribution in [2.45, 2.75) is 44.9 Å². The van der Waals surface area contributed by atoms with Gasteiger partial charge in [-0.25, -0.2) is 4.79 Å². The average Bonchev–Trinajstić information content (AvgIpc) is 3.23. The molecule has 4 aromatic rings. The van der Waals surface area contributed by atoms with E-state index in [0.29, 0.717) is 25.6 Å². The molecular weight excluding hydrogens is 660 g/mol. The van der Waals surface area contributed by atoms with Crippen LogP contribution in [0.1, 0.15) is 65.7 Å². The molecule has 1 aliphatic heterocycles. The second kappa shape index (κ2) is 16.3. The summed E-state index contributed by atoms with van der Waals surface area (Å²) in [5.74, 6) is 0.358. The average molecular weight is 702 g/mol. The number of hydrogen-bond donors (Lipinski definition) is 0. The van der Waals surface area contributed by atoms with Crippen molar-refractivity contribution in [1.82, 2.24) is 19.8 Å². The van der Waals surface area contributed by atoms with Gasteiger partial charge in [-0.2, -0.15) is 0 Å². The highest BCUT2D eigenvalue weighted by atomic mass is 79.9. The van der Waals surface area contributed by atoms with Crippen LogP contribution in [0.2, 0.25) is 5.02 Å². The van der Waals surface area contributed by atoms with E-state index in [1.54, 1.807) is 4.90 Å². The van der Waals surface area contributed by atoms with E-state index in [4.69, 9.17) is 21.3 Å². The van der Waals surface area contributed by atoms with Gasteiger partial charge in [0.05, 0.1) is 12.3 Å². The summed E-state index contributed by atoms with van der Waals surface area (Å²) < 4.78 is 6.27. The van der Waals surface area contributed by atoms with Crippen molar-refractivity contribution >= 4 is 39.2 Å². The van der Waals surface area contributed by atoms with Crippen molar-refractivity contribution in [2.24, 2.45) is 0 Å². The van der Waals surface area contributed by atoms with Crippen LogP contribution in [-0.4, -0.2) is 66.2 Å². The van der Waals surface area contributed by atoms with Crippen molar-refractivity contribution in [3.63, 3.8) is 0 Å². The third-order valence-corrected chi connectivity index (χ3v) is 9.32. The van der Waals surface area contributed by atoms with Gasteiger partial charge in [0.2, 0.25) is 0 Å². The number of benzene rings is 2. The second-order valence-electron chi connectivity index (χ2n) is 11.9. The predicted molar refractivity (Wildman–Crippen MR) is 190 cm³/mol. The summed E-state index contributed by atoms with van der Waals surface area (Å²) in [6.45, 7) is 4.67. The van der Waals surface area contributed by atoms with E-state index in [1.807, 2.05) is 37.5 Å². The molecule has 0 N–H and O–H groups in total. The van der Waals surface area contributed by atoms with Crippen LogP contribution >= 0.6 is 27.5 Å². The molecule has 46 heavy (non-hydrogen) atoms. The zero-order valence-electron chi connectivity index (χ0n) is 26.9. The first-order valence-electron chi connectivity index (χ1n) is 16.0. The Morgan fingerprint density at radius 2 is 1.67 bits per heavy atom. The summed E-state index contributed by atoms with van der Waals surface area (Å²) in [4.78, 5) is 25.3. The van der Waals surface area contributed by atoms with E-state index in [2.05, 4.69) is 94.5 Å². The smallest absolute Gasteiger partial charge is 0.409 e. The number of amides is 1. The Balaban J connectivity index is 0.000000193. The molecule has 2 aliphatic rings. The van der Waals surface area contributed by atoms with Gasteiger partial charge < -0.3 is 14.5 Å². The van der Waals surface area contributed by atoms with Crippen molar-refractivity contribution < 1.29 is 9.53 Å². The fourth-order valence-corrected chi connectivity index (χ4v) is 6.67. The molecule has 240 valence electrons. The number of aryl methyl sites for hydroxylation is 2. The molecule has 1 atom stereocenters. The maximum atomic E-state index is 12.0. The molecule has 6 nitrogen and oxygen atoms in total. The van der Waals surface area contributed by atoms with Crippen LogP contribution in [0.3, 0.4) is 0 Å². The van der Waals surface area contributed by atoms with Crippen LogP contribution in [0.25, 0.3) is 5.57 Å². The van der Waals surface area contributed by atoms with Gasteiger partial charge in [-0.15, -0.1) is 0 Å². The topological polar surface area (TPSA) is 58.6 Å². The number of ether oxygens (including phenoxy) is 1. The molecule has 0 spiro atoms. The van der Waals surface area contributed by atoms with E-state index in [0.717, 1.165) is 59.5 Å². The van der Waals surface area contributed by atoms with Gasteiger partial charge in [-0.3, -0.25) is 9.97 Å². The SMILES string of the molecule is CCOC(=O)N1CCC(=C2c3ccc(Cl)cc3CCc3cccnc32)CC1.CN(C)CC[C@@H](c1ccc(Br)cc1)c1ccccn1. The summed E-state index contributed by atoms with van der Waals surface area (Å²) in [5, 5.41) is 0.772. The third-order valence-electron chi connectivity index (χ3n) is 8.56. The number of aromatic nitrogens is 2. The van der Waals surface area contributed by atoms with Gasteiger partial charge in [0.1, 0.15) is 0 Å². The summed E-state index contributed by atoms with van der Waals surface area (Å²) in [5.41, 5.74) is 9.93. The van der Waals surface area contributed by atoms with E-state index >= 15 is 0 Å². The Labute approximate surface area is 286 Å². The molecule has 0 radical (unpaired) electrons. The number of carbonyl (C=O) groups is 1. The highest BCUT2D eigenvalue weighted by molar-refractivity contribution is 9.10. The highest BCUT2D eigenvalue weighted by Crippen LogP contribution is 2.38. The molecule has 2 aromatic heterocycles. The van der Waals surface area contributed by atoms with Crippen LogP contribution in [0, 0.1) is 0 Å². The van der Waals surface area contributed by atoms with Gasteiger partial charge in [-0.1, -0.05) is 63.4 Å². The lowest BCUT2D eigenvalue weighted by Gasteiger charge is -2.29. The minimum Gasteiger partial charge on any atom is -0.450 e. The number of halogens is 2. The number of fused-ring (bicyclic) bond motifs is 2. The minimum atomic E-state index is -0.215. The maximum Gasteiger partial charge on any atom is 0.409 e. The number of nitrogens with zero attached hydrogens (tertiary/aromatic N) is 4. The Kier molecular flexibility index (Phi) is 12.0. The van der Waals surface area contributed by atoms with Crippen molar-refractivity contribution in [2.75, 3.05) is 40.3 Å². The van der Waals surface area contributed by atoms with E-state index in [1.165, 1.54) is 33.4 Å². The van der Waals surface area contributed by atoms with Crippen LogP contribution < -0.4 is 0 Å². The Morgan fingerprint density at radius 3 is 2.37 bits per heavy atom. The molecular formula is C38H42BrClN4O2. The van der Waals surface area contributed by atoms with Crippen molar-refractivity contribution in [1.29, 1.82) is 0 Å². The molecule has 0 bridgehead atoms. The number of likely N-dealkylation sites (tertiary alicyclic amines) is 1. The minimum absolute atomic E-state index is 0.215. The summed E-state index contributed by atoms with van der Waals surface area (Å²) in [6.07, 6.45) is 8.20. The number of piperidine rings is 1. The van der Waals surface area contributed by atoms with Crippen LogP contribution in [0.5, 0.6) is 0 Å². The summed E-state index contributed by atoms with van der Waals surface area (Å²) in [7, 11) is 4.22. The number of hydrogen-bond acceptors (Lipinski definition) is 5. The maximum absolute atomic E-state index is 12.0. The molecule has 0 unspecified atom stereocenters. The van der Waals surface area contributed by atoms with Crippen molar-refractivity contribution in [3.05, 3.63) is 134 Å². The van der Waals surface area contributed by atoms with Gasteiger partial charge in [0.25, 0.3) is 0 Å². The van der Waals surface area contributed by atoms with Gasteiger partial charge in [-0.05, 0) is 124 Å². The largest absolute Gasteiger partial charge is 0.450 e. The first kappa shape index (κ1) is 33.8. The lowest BCUT2D eigenvalue weighted by atomic mass is 9.88. The number of rotatable bonds is 6. The molecule has 1 aliphatic carbocycles. The Bertz CT molecular complexity index is 1630. The second-order valence-corrected chi connectivity index (χ2v) is 13.3. The third kappa shape index (κ3) is 8.64. The first-order chi connectivity index (χ1) is 22.3. The van der Waals surface area contributed by atoms with Gasteiger partial charge in [0, 0.05) is 52.2 Å². The van der Waals surface area contributed by atoms with Crippen LogP contribution in [-0.2, 0) is 17.6 Å². The summed E-state index contributed by atoms with van der Waals surface area (Å²) >= 11 is 9.76. The predicted octanol–water partition coefficient (Wildman–Crippen LogP) is 8.82. The van der Waals surface area contributed by atoms with Gasteiger partial charge in [0.15, 0.2) is 0 Å². The lowest BCUT2D eigenvalue weighted by molar-refractivity contribution is 0.104. The molecule has 1 amide bonds. The number of carbonyl (C=O) groups excluding carboxylic acids is 1. The van der Waals surface area contributed by atoms with E-state index in [-0.39, 0.29) is 6.09 Å². The van der Waals surface area contributed by atoms with Gasteiger partial charge >= 0.3 is 6.09 Å². The molecule has 6 rings (SSSR count). The molecule has 2 aromatic carbocycles. The number of pyridine rings is 2. The fourth-order valence-electron chi connectivity index (χ4n) is 6.21. The zero-order chi connectivity index (χ0) is 32.5.